The molecule has 0 N–H and O–H groups in total. The van der Waals surface area contributed by atoms with Crippen LogP contribution in [0.3, 0.4) is 0 Å². The van der Waals surface area contributed by atoms with E-state index >= 15 is 0 Å². The van der Waals surface area contributed by atoms with E-state index in [9.17, 15) is 4.79 Å². The first-order valence-corrected chi connectivity index (χ1v) is 6.89. The van der Waals surface area contributed by atoms with Gasteiger partial charge < -0.3 is 9.47 Å². The van der Waals surface area contributed by atoms with Crippen LogP contribution in [0.4, 0.5) is 0 Å². The van der Waals surface area contributed by atoms with Crippen LogP contribution in [0.25, 0.3) is 6.08 Å². The quantitative estimate of drug-likeness (QED) is 0.596. The maximum atomic E-state index is 11.2. The molecule has 21 heavy (non-hydrogen) atoms. The van der Waals surface area contributed by atoms with Crippen molar-refractivity contribution in [1.29, 1.82) is 0 Å². The molecule has 0 saturated heterocycles. The van der Waals surface area contributed by atoms with Crippen molar-refractivity contribution in [2.75, 3.05) is 6.61 Å². The second-order valence-electron chi connectivity index (χ2n) is 4.43. The minimum Gasteiger partial charge on any atom is -0.489 e. The van der Waals surface area contributed by atoms with Crippen molar-refractivity contribution in [1.82, 2.24) is 0 Å². The Morgan fingerprint density at radius 2 is 1.76 bits per heavy atom. The van der Waals surface area contributed by atoms with Crippen LogP contribution in [0.15, 0.2) is 60.7 Å². The zero-order valence-electron chi connectivity index (χ0n) is 12.0. The Bertz CT molecular complexity index is 586. The Morgan fingerprint density at radius 1 is 1.05 bits per heavy atom. The fourth-order valence-electron chi connectivity index (χ4n) is 1.77. The van der Waals surface area contributed by atoms with Gasteiger partial charge in [-0.1, -0.05) is 42.5 Å². The number of ether oxygens (including phenoxy) is 2. The van der Waals surface area contributed by atoms with Gasteiger partial charge in [0.15, 0.2) is 0 Å². The maximum absolute atomic E-state index is 11.2. The SMILES string of the molecule is CCOC(=O)C=Cc1ccc(OCc2ccccc2)cc1. The molecule has 2 aromatic carbocycles. The molecule has 0 heterocycles. The normalized spacial score (nSPS) is 10.5. The highest BCUT2D eigenvalue weighted by Crippen LogP contribution is 2.15. The van der Waals surface area contributed by atoms with E-state index in [1.807, 2.05) is 54.6 Å². The van der Waals surface area contributed by atoms with E-state index in [1.54, 1.807) is 13.0 Å². The Kier molecular flexibility index (Phi) is 5.59. The number of hydrogen-bond donors (Lipinski definition) is 0. The molecule has 0 bridgehead atoms. The molecular formula is C18H18O3. The van der Waals surface area contributed by atoms with Crippen LogP contribution < -0.4 is 4.74 Å². The first-order chi connectivity index (χ1) is 10.3. The zero-order chi connectivity index (χ0) is 14.9. The van der Waals surface area contributed by atoms with Gasteiger partial charge in [-0.05, 0) is 36.3 Å². The lowest BCUT2D eigenvalue weighted by Gasteiger charge is -2.06. The molecule has 0 amide bonds. The van der Waals surface area contributed by atoms with Crippen LogP contribution in [0.5, 0.6) is 5.75 Å². The fraction of sp³-hybridized carbons (Fsp3) is 0.167. The first kappa shape index (κ1) is 14.9. The number of hydrogen-bond acceptors (Lipinski definition) is 3. The van der Waals surface area contributed by atoms with Gasteiger partial charge in [0.1, 0.15) is 12.4 Å². The largest absolute Gasteiger partial charge is 0.489 e. The molecule has 0 saturated carbocycles. The molecule has 0 aliphatic rings. The van der Waals surface area contributed by atoms with Crippen molar-refractivity contribution in [3.05, 3.63) is 71.8 Å². The van der Waals surface area contributed by atoms with E-state index in [4.69, 9.17) is 9.47 Å². The van der Waals surface area contributed by atoms with E-state index in [1.165, 1.54) is 6.08 Å². The molecule has 0 aromatic heterocycles. The summed E-state index contributed by atoms with van der Waals surface area (Å²) in [6, 6.07) is 17.6. The highest BCUT2D eigenvalue weighted by Gasteiger charge is 1.97. The van der Waals surface area contributed by atoms with Crippen molar-refractivity contribution in [2.45, 2.75) is 13.5 Å². The van der Waals surface area contributed by atoms with Gasteiger partial charge in [-0.25, -0.2) is 4.79 Å². The van der Waals surface area contributed by atoms with Crippen LogP contribution in [0.2, 0.25) is 0 Å². The van der Waals surface area contributed by atoms with Crippen molar-refractivity contribution in [3.63, 3.8) is 0 Å². The van der Waals surface area contributed by atoms with E-state index in [0.717, 1.165) is 16.9 Å². The summed E-state index contributed by atoms with van der Waals surface area (Å²) >= 11 is 0. The summed E-state index contributed by atoms with van der Waals surface area (Å²) in [4.78, 5) is 11.2. The predicted octanol–water partition coefficient (Wildman–Crippen LogP) is 3.84. The minimum atomic E-state index is -0.332. The Labute approximate surface area is 124 Å². The molecule has 0 unspecified atom stereocenters. The van der Waals surface area contributed by atoms with E-state index in [-0.39, 0.29) is 5.97 Å². The number of carbonyl (C=O) groups excluding carboxylic acids is 1. The van der Waals surface area contributed by atoms with Crippen LogP contribution in [-0.4, -0.2) is 12.6 Å². The molecule has 0 spiro atoms. The Hall–Kier alpha value is -2.55. The highest BCUT2D eigenvalue weighted by molar-refractivity contribution is 5.87. The maximum Gasteiger partial charge on any atom is 0.330 e. The molecule has 0 radical (unpaired) electrons. The van der Waals surface area contributed by atoms with Gasteiger partial charge in [0.2, 0.25) is 0 Å². The standard InChI is InChI=1S/C18H18O3/c1-2-20-18(19)13-10-15-8-11-17(12-9-15)21-14-16-6-4-3-5-7-16/h3-13H,2,14H2,1H3. The van der Waals surface area contributed by atoms with Gasteiger partial charge in [-0.3, -0.25) is 0 Å². The lowest BCUT2D eigenvalue weighted by Crippen LogP contribution is -1.98. The van der Waals surface area contributed by atoms with Gasteiger partial charge in [0, 0.05) is 6.08 Å². The van der Waals surface area contributed by atoms with Crippen molar-refractivity contribution in [2.24, 2.45) is 0 Å². The molecule has 0 aliphatic carbocycles. The summed E-state index contributed by atoms with van der Waals surface area (Å²) in [7, 11) is 0. The molecule has 0 atom stereocenters. The monoisotopic (exact) mass is 282 g/mol. The number of esters is 1. The summed E-state index contributed by atoms with van der Waals surface area (Å²) < 4.78 is 10.5. The molecule has 2 rings (SSSR count). The van der Waals surface area contributed by atoms with Gasteiger partial charge in [-0.2, -0.15) is 0 Å². The van der Waals surface area contributed by atoms with E-state index in [2.05, 4.69) is 0 Å². The molecule has 3 heteroatoms. The molecule has 0 aliphatic heterocycles. The van der Waals surface area contributed by atoms with Gasteiger partial charge >= 0.3 is 5.97 Å². The minimum absolute atomic E-state index is 0.332. The van der Waals surface area contributed by atoms with Crippen LogP contribution in [-0.2, 0) is 16.1 Å². The molecular weight excluding hydrogens is 264 g/mol. The number of carbonyl (C=O) groups is 1. The molecule has 3 nitrogen and oxygen atoms in total. The Balaban J connectivity index is 1.88. The van der Waals surface area contributed by atoms with Gasteiger partial charge in [0.05, 0.1) is 6.61 Å². The summed E-state index contributed by atoms with van der Waals surface area (Å²) in [5.41, 5.74) is 2.05. The second kappa shape index (κ2) is 7.90. The predicted molar refractivity (Wildman–Crippen MR) is 82.9 cm³/mol. The summed E-state index contributed by atoms with van der Waals surface area (Å²) in [6.45, 7) is 2.71. The highest BCUT2D eigenvalue weighted by atomic mass is 16.5. The topological polar surface area (TPSA) is 35.5 Å². The van der Waals surface area contributed by atoms with Crippen LogP contribution in [0.1, 0.15) is 18.1 Å². The first-order valence-electron chi connectivity index (χ1n) is 6.89. The summed E-state index contributed by atoms with van der Waals surface area (Å²) in [6.07, 6.45) is 3.14. The third kappa shape index (κ3) is 5.15. The fourth-order valence-corrected chi connectivity index (χ4v) is 1.77. The summed E-state index contributed by atoms with van der Waals surface area (Å²) in [5.74, 6) is 0.467. The molecule has 108 valence electrons. The number of rotatable bonds is 6. The van der Waals surface area contributed by atoms with Crippen LogP contribution >= 0.6 is 0 Å². The second-order valence-corrected chi connectivity index (χ2v) is 4.43. The lowest BCUT2D eigenvalue weighted by atomic mass is 10.2. The zero-order valence-corrected chi connectivity index (χ0v) is 12.0. The summed E-state index contributed by atoms with van der Waals surface area (Å²) in [5, 5.41) is 0. The molecule has 0 fully saturated rings. The van der Waals surface area contributed by atoms with Crippen molar-refractivity contribution in [3.8, 4) is 5.75 Å². The third-order valence-electron chi connectivity index (χ3n) is 2.83. The van der Waals surface area contributed by atoms with E-state index < -0.39 is 0 Å². The van der Waals surface area contributed by atoms with Crippen LogP contribution in [0, 0.1) is 0 Å². The van der Waals surface area contributed by atoms with Gasteiger partial charge in [-0.15, -0.1) is 0 Å². The lowest BCUT2D eigenvalue weighted by molar-refractivity contribution is -0.137. The third-order valence-corrected chi connectivity index (χ3v) is 2.83. The average molecular weight is 282 g/mol. The van der Waals surface area contributed by atoms with Gasteiger partial charge in [0.25, 0.3) is 0 Å². The number of benzene rings is 2. The smallest absolute Gasteiger partial charge is 0.330 e. The molecule has 2 aromatic rings. The Morgan fingerprint density at radius 3 is 2.43 bits per heavy atom. The van der Waals surface area contributed by atoms with E-state index in [0.29, 0.717) is 13.2 Å². The van der Waals surface area contributed by atoms with Crippen molar-refractivity contribution >= 4 is 12.0 Å². The van der Waals surface area contributed by atoms with Crippen molar-refractivity contribution < 1.29 is 14.3 Å². The average Bonchev–Trinajstić information content (AvgIpc) is 2.53.